The second-order valence-corrected chi connectivity index (χ2v) is 3.32. The lowest BCUT2D eigenvalue weighted by atomic mass is 10.2. The molecule has 0 rings (SSSR count). The number of hydrogen-bond donors (Lipinski definition) is 2. The molecule has 0 aliphatic carbocycles. The van der Waals surface area contributed by atoms with Crippen molar-refractivity contribution in [1.82, 2.24) is 0 Å². The van der Waals surface area contributed by atoms with Crippen molar-refractivity contribution in [3.63, 3.8) is 0 Å². The first-order valence-electron chi connectivity index (χ1n) is 5.11. The Kier molecular flexibility index (Phi) is 7.83. The monoisotopic (exact) mass is 232 g/mol. The maximum atomic E-state index is 11.0. The van der Waals surface area contributed by atoms with Gasteiger partial charge in [0, 0.05) is 19.3 Å². The van der Waals surface area contributed by atoms with Crippen molar-refractivity contribution in [1.29, 1.82) is 0 Å². The van der Waals surface area contributed by atoms with E-state index in [1.165, 1.54) is 0 Å². The number of hydrogen-bond acceptors (Lipinski definition) is 4. The molecule has 0 aromatic carbocycles. The summed E-state index contributed by atoms with van der Waals surface area (Å²) in [6, 6.07) is 0. The standard InChI is InChI=1S/C10H16O6/c11-8(12)4-1-2-7-16-10(15)6-3-5-9(13)14/h1-7H2,(H,11,12)(H,13,14). The lowest BCUT2D eigenvalue weighted by Gasteiger charge is -2.03. The number of carbonyl (C=O) groups excluding carboxylic acids is 1. The van der Waals surface area contributed by atoms with Gasteiger partial charge in [0.05, 0.1) is 6.61 Å². The molecule has 0 saturated heterocycles. The summed E-state index contributed by atoms with van der Waals surface area (Å²) in [5.74, 6) is -2.24. The van der Waals surface area contributed by atoms with Crippen molar-refractivity contribution in [2.45, 2.75) is 38.5 Å². The van der Waals surface area contributed by atoms with Crippen molar-refractivity contribution in [3.8, 4) is 0 Å². The maximum Gasteiger partial charge on any atom is 0.305 e. The molecule has 0 atom stereocenters. The number of carbonyl (C=O) groups is 3. The minimum atomic E-state index is -0.936. The number of unbranched alkanes of at least 4 members (excludes halogenated alkanes) is 1. The zero-order valence-electron chi connectivity index (χ0n) is 8.98. The molecule has 0 aliphatic heterocycles. The number of carboxylic acids is 2. The van der Waals surface area contributed by atoms with Gasteiger partial charge >= 0.3 is 17.9 Å². The summed E-state index contributed by atoms with van der Waals surface area (Å²) in [5.41, 5.74) is 0. The van der Waals surface area contributed by atoms with E-state index in [1.54, 1.807) is 0 Å². The zero-order chi connectivity index (χ0) is 12.4. The van der Waals surface area contributed by atoms with E-state index in [9.17, 15) is 14.4 Å². The third-order valence-electron chi connectivity index (χ3n) is 1.82. The highest BCUT2D eigenvalue weighted by atomic mass is 16.5. The van der Waals surface area contributed by atoms with Gasteiger partial charge in [-0.2, -0.15) is 0 Å². The summed E-state index contributed by atoms with van der Waals surface area (Å²) < 4.78 is 4.78. The Hall–Kier alpha value is -1.59. The van der Waals surface area contributed by atoms with Gasteiger partial charge in [0.15, 0.2) is 0 Å². The van der Waals surface area contributed by atoms with E-state index in [2.05, 4.69) is 0 Å². The highest BCUT2D eigenvalue weighted by molar-refractivity contribution is 5.71. The topological polar surface area (TPSA) is 101 Å². The van der Waals surface area contributed by atoms with Crippen LogP contribution in [0.4, 0.5) is 0 Å². The van der Waals surface area contributed by atoms with Gasteiger partial charge in [0.2, 0.25) is 0 Å². The Morgan fingerprint density at radius 3 is 1.94 bits per heavy atom. The summed E-state index contributed by atoms with van der Waals surface area (Å²) in [7, 11) is 0. The molecule has 0 aromatic heterocycles. The maximum absolute atomic E-state index is 11.0. The molecule has 92 valence electrons. The Labute approximate surface area is 93.2 Å². The predicted molar refractivity (Wildman–Crippen MR) is 53.9 cm³/mol. The van der Waals surface area contributed by atoms with Crippen LogP contribution >= 0.6 is 0 Å². The summed E-state index contributed by atoms with van der Waals surface area (Å²) >= 11 is 0. The number of aliphatic carboxylic acids is 2. The SMILES string of the molecule is O=C(O)CCCCOC(=O)CCCC(=O)O. The van der Waals surface area contributed by atoms with Crippen LogP contribution in [0.2, 0.25) is 0 Å². The average molecular weight is 232 g/mol. The highest BCUT2D eigenvalue weighted by Gasteiger charge is 2.05. The number of esters is 1. The third kappa shape index (κ3) is 10.5. The molecule has 0 saturated carbocycles. The molecule has 16 heavy (non-hydrogen) atoms. The van der Waals surface area contributed by atoms with E-state index in [0.29, 0.717) is 12.8 Å². The fourth-order valence-corrected chi connectivity index (χ4v) is 1.02. The molecule has 6 heteroatoms. The predicted octanol–water partition coefficient (Wildman–Crippen LogP) is 1.04. The third-order valence-corrected chi connectivity index (χ3v) is 1.82. The molecule has 0 fully saturated rings. The Balaban J connectivity index is 3.30. The molecule has 0 bridgehead atoms. The Bertz CT molecular complexity index is 248. The molecule has 0 heterocycles. The quantitative estimate of drug-likeness (QED) is 0.455. The summed E-state index contributed by atoms with van der Waals surface area (Å²) in [6.45, 7) is 0.194. The molecule has 0 aromatic rings. The minimum absolute atomic E-state index is 0.0475. The number of carboxylic acid groups (broad SMARTS) is 2. The van der Waals surface area contributed by atoms with Gasteiger partial charge in [-0.05, 0) is 19.3 Å². The van der Waals surface area contributed by atoms with Gasteiger partial charge in [0.1, 0.15) is 0 Å². The number of ether oxygens (including phenoxy) is 1. The first-order valence-corrected chi connectivity index (χ1v) is 5.11. The normalized spacial score (nSPS) is 9.75. The second-order valence-electron chi connectivity index (χ2n) is 3.32. The van der Waals surface area contributed by atoms with Crippen LogP contribution in [0, 0.1) is 0 Å². The Morgan fingerprint density at radius 1 is 0.812 bits per heavy atom. The molecule has 0 radical (unpaired) electrons. The lowest BCUT2D eigenvalue weighted by Crippen LogP contribution is -2.07. The van der Waals surface area contributed by atoms with Gasteiger partial charge in [-0.3, -0.25) is 14.4 Å². The second kappa shape index (κ2) is 8.70. The number of rotatable bonds is 9. The Morgan fingerprint density at radius 2 is 1.38 bits per heavy atom. The van der Waals surface area contributed by atoms with Crippen molar-refractivity contribution < 1.29 is 29.3 Å². The molecule has 2 N–H and O–H groups in total. The molecule has 0 amide bonds. The first-order chi connectivity index (χ1) is 7.52. The van der Waals surface area contributed by atoms with Gasteiger partial charge in [-0.15, -0.1) is 0 Å². The van der Waals surface area contributed by atoms with Crippen molar-refractivity contribution in [3.05, 3.63) is 0 Å². The fourth-order valence-electron chi connectivity index (χ4n) is 1.02. The van der Waals surface area contributed by atoms with Crippen LogP contribution in [-0.2, 0) is 19.1 Å². The van der Waals surface area contributed by atoms with Gasteiger partial charge in [0.25, 0.3) is 0 Å². The molecule has 0 aliphatic rings. The van der Waals surface area contributed by atoms with Crippen LogP contribution in [0.1, 0.15) is 38.5 Å². The van der Waals surface area contributed by atoms with Crippen LogP contribution < -0.4 is 0 Å². The van der Waals surface area contributed by atoms with Crippen molar-refractivity contribution in [2.24, 2.45) is 0 Å². The van der Waals surface area contributed by atoms with Gasteiger partial charge < -0.3 is 14.9 Å². The summed E-state index contributed by atoms with van der Waals surface area (Å²) in [4.78, 5) is 31.3. The van der Waals surface area contributed by atoms with E-state index in [0.717, 1.165) is 0 Å². The molecule has 0 unspecified atom stereocenters. The van der Waals surface area contributed by atoms with Crippen LogP contribution in [-0.4, -0.2) is 34.7 Å². The van der Waals surface area contributed by atoms with E-state index >= 15 is 0 Å². The molecule has 0 spiro atoms. The molecule has 6 nitrogen and oxygen atoms in total. The lowest BCUT2D eigenvalue weighted by molar-refractivity contribution is -0.144. The summed E-state index contributed by atoms with van der Waals surface area (Å²) in [5, 5.41) is 16.6. The van der Waals surface area contributed by atoms with E-state index in [1.807, 2.05) is 0 Å². The van der Waals surface area contributed by atoms with E-state index in [4.69, 9.17) is 14.9 Å². The van der Waals surface area contributed by atoms with Crippen LogP contribution in [0.5, 0.6) is 0 Å². The smallest absolute Gasteiger partial charge is 0.305 e. The van der Waals surface area contributed by atoms with Crippen molar-refractivity contribution >= 4 is 17.9 Å². The van der Waals surface area contributed by atoms with E-state index in [-0.39, 0.29) is 32.3 Å². The van der Waals surface area contributed by atoms with Gasteiger partial charge in [-0.25, -0.2) is 0 Å². The molecular formula is C10H16O6. The zero-order valence-corrected chi connectivity index (χ0v) is 8.98. The van der Waals surface area contributed by atoms with Gasteiger partial charge in [-0.1, -0.05) is 0 Å². The first kappa shape index (κ1) is 14.4. The summed E-state index contributed by atoms with van der Waals surface area (Å²) in [6.07, 6.45) is 1.36. The largest absolute Gasteiger partial charge is 0.481 e. The highest BCUT2D eigenvalue weighted by Crippen LogP contribution is 2.00. The minimum Gasteiger partial charge on any atom is -0.481 e. The van der Waals surface area contributed by atoms with E-state index < -0.39 is 17.9 Å². The molecular weight excluding hydrogens is 216 g/mol. The van der Waals surface area contributed by atoms with Crippen LogP contribution in [0.3, 0.4) is 0 Å². The van der Waals surface area contributed by atoms with Crippen LogP contribution in [0.25, 0.3) is 0 Å². The van der Waals surface area contributed by atoms with Crippen LogP contribution in [0.15, 0.2) is 0 Å². The fraction of sp³-hybridized carbons (Fsp3) is 0.700. The average Bonchev–Trinajstić information content (AvgIpc) is 2.16. The van der Waals surface area contributed by atoms with Crippen molar-refractivity contribution in [2.75, 3.05) is 6.61 Å².